The first-order valence-corrected chi connectivity index (χ1v) is 6.21. The molecule has 0 aliphatic rings. The number of nitrogens with zero attached hydrogens (tertiary/aromatic N) is 1. The van der Waals surface area contributed by atoms with Gasteiger partial charge in [0.2, 0.25) is 0 Å². The molecule has 0 aromatic carbocycles. The van der Waals surface area contributed by atoms with Gasteiger partial charge in [-0.15, -0.1) is 0 Å². The van der Waals surface area contributed by atoms with E-state index in [0.29, 0.717) is 5.92 Å². The lowest BCUT2D eigenvalue weighted by Crippen LogP contribution is -2.48. The Morgan fingerprint density at radius 1 is 1.20 bits per heavy atom. The molecule has 1 N–H and O–H groups in total. The van der Waals surface area contributed by atoms with Crippen molar-refractivity contribution in [2.45, 2.75) is 40.2 Å². The van der Waals surface area contributed by atoms with Gasteiger partial charge >= 0.3 is 0 Å². The minimum Gasteiger partial charge on any atom is -0.394 e. The van der Waals surface area contributed by atoms with Crippen LogP contribution < -0.4 is 0 Å². The van der Waals surface area contributed by atoms with Gasteiger partial charge in [-0.3, -0.25) is 4.90 Å². The molecule has 0 fully saturated rings. The molecule has 0 aromatic heterocycles. The van der Waals surface area contributed by atoms with Crippen LogP contribution in [0.15, 0.2) is 0 Å². The molecular formula is C12H27NOS. The van der Waals surface area contributed by atoms with Crippen LogP contribution in [0.3, 0.4) is 0 Å². The van der Waals surface area contributed by atoms with Crippen LogP contribution in [-0.2, 0) is 0 Å². The van der Waals surface area contributed by atoms with Crippen LogP contribution in [-0.4, -0.2) is 41.5 Å². The normalized spacial score (nSPS) is 15.8. The topological polar surface area (TPSA) is 23.5 Å². The lowest BCUT2D eigenvalue weighted by atomic mass is 9.81. The maximum absolute atomic E-state index is 9.29. The minimum absolute atomic E-state index is 0.146. The summed E-state index contributed by atoms with van der Waals surface area (Å²) in [5, 5.41) is 9.29. The number of hydrogen-bond donors (Lipinski definition) is 2. The Morgan fingerprint density at radius 2 is 1.67 bits per heavy atom. The van der Waals surface area contributed by atoms with Crippen molar-refractivity contribution >= 4 is 12.6 Å². The van der Waals surface area contributed by atoms with Crippen LogP contribution in [0.5, 0.6) is 0 Å². The Kier molecular flexibility index (Phi) is 5.65. The standard InChI is InChI=1S/C12H27NOS/c1-11(2,3)10(8-15)7-13(6)12(4,5)9-14/h10,14-15H,7-9H2,1-6H3. The Labute approximate surface area is 100 Å². The highest BCUT2D eigenvalue weighted by Crippen LogP contribution is 2.29. The molecule has 0 amide bonds. The number of aliphatic hydroxyl groups excluding tert-OH is 1. The summed E-state index contributed by atoms with van der Waals surface area (Å²) in [6.07, 6.45) is 0. The second-order valence-electron chi connectivity index (χ2n) is 6.10. The molecule has 0 saturated carbocycles. The number of hydrogen-bond acceptors (Lipinski definition) is 3. The summed E-state index contributed by atoms with van der Waals surface area (Å²) in [7, 11) is 2.07. The van der Waals surface area contributed by atoms with E-state index >= 15 is 0 Å². The van der Waals surface area contributed by atoms with E-state index in [1.807, 2.05) is 0 Å². The molecule has 3 heteroatoms. The first-order chi connectivity index (χ1) is 6.65. The lowest BCUT2D eigenvalue weighted by Gasteiger charge is -2.40. The second kappa shape index (κ2) is 5.55. The van der Waals surface area contributed by atoms with Crippen LogP contribution >= 0.6 is 12.6 Å². The highest BCUT2D eigenvalue weighted by molar-refractivity contribution is 7.80. The average molecular weight is 233 g/mol. The van der Waals surface area contributed by atoms with Gasteiger partial charge in [0.05, 0.1) is 6.61 Å². The molecular weight excluding hydrogens is 206 g/mol. The molecule has 0 rings (SSSR count). The van der Waals surface area contributed by atoms with Crippen molar-refractivity contribution in [1.29, 1.82) is 0 Å². The molecule has 0 saturated heterocycles. The number of thiol groups is 1. The van der Waals surface area contributed by atoms with Crippen molar-refractivity contribution in [3.05, 3.63) is 0 Å². The molecule has 0 aromatic rings. The molecule has 1 atom stereocenters. The zero-order valence-corrected chi connectivity index (χ0v) is 11.9. The molecule has 0 bridgehead atoms. The summed E-state index contributed by atoms with van der Waals surface area (Å²) >= 11 is 4.42. The SMILES string of the molecule is CN(CC(CS)C(C)(C)C)C(C)(C)CO. The molecule has 0 aliphatic carbocycles. The third kappa shape index (κ3) is 4.75. The highest BCUT2D eigenvalue weighted by atomic mass is 32.1. The quantitative estimate of drug-likeness (QED) is 0.712. The average Bonchev–Trinajstić information content (AvgIpc) is 2.11. The van der Waals surface area contributed by atoms with Crippen LogP contribution in [0.1, 0.15) is 34.6 Å². The second-order valence-corrected chi connectivity index (χ2v) is 6.46. The summed E-state index contributed by atoms with van der Waals surface area (Å²) in [5.41, 5.74) is 0.119. The maximum atomic E-state index is 9.29. The fourth-order valence-corrected chi connectivity index (χ4v) is 1.97. The Bertz CT molecular complexity index is 187. The minimum atomic E-state index is -0.146. The summed E-state index contributed by atoms with van der Waals surface area (Å²) in [4.78, 5) is 2.22. The van der Waals surface area contributed by atoms with Gasteiger partial charge in [0.25, 0.3) is 0 Å². The van der Waals surface area contributed by atoms with Crippen molar-refractivity contribution in [3.63, 3.8) is 0 Å². The summed E-state index contributed by atoms with van der Waals surface area (Å²) < 4.78 is 0. The Balaban J connectivity index is 4.44. The fraction of sp³-hybridized carbons (Fsp3) is 1.00. The van der Waals surface area contributed by atoms with E-state index in [0.717, 1.165) is 12.3 Å². The van der Waals surface area contributed by atoms with Crippen LogP contribution in [0.4, 0.5) is 0 Å². The molecule has 15 heavy (non-hydrogen) atoms. The molecule has 92 valence electrons. The maximum Gasteiger partial charge on any atom is 0.0609 e. The first-order valence-electron chi connectivity index (χ1n) is 5.58. The molecule has 1 unspecified atom stereocenters. The predicted molar refractivity (Wildman–Crippen MR) is 70.6 cm³/mol. The number of likely N-dealkylation sites (N-methyl/N-ethyl adjacent to an activating group) is 1. The van der Waals surface area contributed by atoms with Gasteiger partial charge in [0.1, 0.15) is 0 Å². The van der Waals surface area contributed by atoms with Gasteiger partial charge < -0.3 is 5.11 Å². The summed E-state index contributed by atoms with van der Waals surface area (Å²) in [6.45, 7) is 12.0. The molecule has 0 radical (unpaired) electrons. The molecule has 2 nitrogen and oxygen atoms in total. The van der Waals surface area contributed by atoms with Crippen molar-refractivity contribution in [2.75, 3.05) is 26.0 Å². The summed E-state index contributed by atoms with van der Waals surface area (Å²) in [6, 6.07) is 0. The van der Waals surface area contributed by atoms with Crippen molar-refractivity contribution in [1.82, 2.24) is 4.90 Å². The number of rotatable bonds is 5. The Hall–Kier alpha value is 0.270. The smallest absolute Gasteiger partial charge is 0.0609 e. The number of aliphatic hydroxyl groups is 1. The monoisotopic (exact) mass is 233 g/mol. The Morgan fingerprint density at radius 3 is 1.93 bits per heavy atom. The van der Waals surface area contributed by atoms with Gasteiger partial charge in [-0.25, -0.2) is 0 Å². The van der Waals surface area contributed by atoms with Gasteiger partial charge in [-0.05, 0) is 38.0 Å². The van der Waals surface area contributed by atoms with E-state index in [9.17, 15) is 5.11 Å². The van der Waals surface area contributed by atoms with E-state index in [4.69, 9.17) is 0 Å². The molecule has 0 aliphatic heterocycles. The van der Waals surface area contributed by atoms with E-state index < -0.39 is 0 Å². The van der Waals surface area contributed by atoms with Gasteiger partial charge in [-0.2, -0.15) is 12.6 Å². The van der Waals surface area contributed by atoms with E-state index in [1.54, 1.807) is 0 Å². The zero-order valence-electron chi connectivity index (χ0n) is 11.0. The van der Waals surface area contributed by atoms with E-state index in [-0.39, 0.29) is 17.6 Å². The third-order valence-corrected chi connectivity index (χ3v) is 3.80. The van der Waals surface area contributed by atoms with Crippen LogP contribution in [0, 0.1) is 11.3 Å². The van der Waals surface area contributed by atoms with Crippen molar-refractivity contribution in [3.8, 4) is 0 Å². The van der Waals surface area contributed by atoms with Gasteiger partial charge in [0, 0.05) is 12.1 Å². The lowest BCUT2D eigenvalue weighted by molar-refractivity contribution is 0.0524. The van der Waals surface area contributed by atoms with E-state index in [1.165, 1.54) is 0 Å². The first kappa shape index (κ1) is 15.3. The highest BCUT2D eigenvalue weighted by Gasteiger charge is 2.29. The third-order valence-electron chi connectivity index (χ3n) is 3.36. The van der Waals surface area contributed by atoms with Gasteiger partial charge in [0.15, 0.2) is 0 Å². The summed E-state index contributed by atoms with van der Waals surface area (Å²) in [5.74, 6) is 1.42. The fourth-order valence-electron chi connectivity index (χ4n) is 1.30. The van der Waals surface area contributed by atoms with Crippen molar-refractivity contribution in [2.24, 2.45) is 11.3 Å². The van der Waals surface area contributed by atoms with E-state index in [2.05, 4.69) is 59.2 Å². The predicted octanol–water partition coefficient (Wildman–Crippen LogP) is 2.28. The molecule has 0 heterocycles. The van der Waals surface area contributed by atoms with Crippen molar-refractivity contribution < 1.29 is 5.11 Å². The largest absolute Gasteiger partial charge is 0.394 e. The van der Waals surface area contributed by atoms with Crippen LogP contribution in [0.25, 0.3) is 0 Å². The van der Waals surface area contributed by atoms with Gasteiger partial charge in [-0.1, -0.05) is 20.8 Å². The zero-order chi connectivity index (χ0) is 12.3. The molecule has 0 spiro atoms. The van der Waals surface area contributed by atoms with Crippen LogP contribution in [0.2, 0.25) is 0 Å².